The van der Waals surface area contributed by atoms with Crippen molar-refractivity contribution in [3.63, 3.8) is 0 Å². The van der Waals surface area contributed by atoms with Crippen molar-refractivity contribution in [3.05, 3.63) is 46.6 Å². The van der Waals surface area contributed by atoms with Crippen LogP contribution in [0.1, 0.15) is 11.4 Å². The van der Waals surface area contributed by atoms with E-state index in [1.54, 1.807) is 13.1 Å². The molecule has 3 N–H and O–H groups in total. The zero-order chi connectivity index (χ0) is 16.1. The van der Waals surface area contributed by atoms with E-state index in [1.807, 2.05) is 0 Å². The minimum absolute atomic E-state index is 0.101. The molecule has 0 spiro atoms. The summed E-state index contributed by atoms with van der Waals surface area (Å²) in [6.45, 7) is 1.66. The molecule has 2 rings (SSSR count). The van der Waals surface area contributed by atoms with E-state index >= 15 is 0 Å². The summed E-state index contributed by atoms with van der Waals surface area (Å²) in [7, 11) is 0. The fraction of sp³-hybridized carbons (Fsp3) is 0.214. The molecule has 0 aliphatic rings. The molecule has 1 amide bonds. The molecule has 0 bridgehead atoms. The molecule has 22 heavy (non-hydrogen) atoms. The van der Waals surface area contributed by atoms with Gasteiger partial charge in [0.25, 0.3) is 5.91 Å². The number of nitrogens with zero attached hydrogens (tertiary/aromatic N) is 2. The molecule has 0 unspecified atom stereocenters. The lowest BCUT2D eigenvalue weighted by Gasteiger charge is -2.09. The Kier molecular flexibility index (Phi) is 5.11. The zero-order valence-electron chi connectivity index (χ0n) is 11.8. The van der Waals surface area contributed by atoms with Crippen molar-refractivity contribution in [1.82, 2.24) is 15.3 Å². The minimum atomic E-state index is -0.475. The Balaban J connectivity index is 1.85. The van der Waals surface area contributed by atoms with Crippen LogP contribution < -0.4 is 15.8 Å². The van der Waals surface area contributed by atoms with Crippen molar-refractivity contribution < 1.29 is 13.9 Å². The predicted molar refractivity (Wildman–Crippen MR) is 79.9 cm³/mol. The van der Waals surface area contributed by atoms with Gasteiger partial charge in [0.15, 0.2) is 6.61 Å². The number of anilines is 1. The summed E-state index contributed by atoms with van der Waals surface area (Å²) >= 11 is 5.79. The SMILES string of the molecule is Cc1ncc(CNC(=O)COc2ccc(F)cc2Cl)c(N)n1. The van der Waals surface area contributed by atoms with E-state index in [0.717, 1.165) is 6.07 Å². The number of nitrogens with one attached hydrogen (secondary N) is 1. The minimum Gasteiger partial charge on any atom is -0.482 e. The number of ether oxygens (including phenoxy) is 1. The van der Waals surface area contributed by atoms with E-state index in [9.17, 15) is 9.18 Å². The van der Waals surface area contributed by atoms with Crippen LogP contribution in [-0.2, 0) is 11.3 Å². The molecule has 2 aromatic rings. The maximum atomic E-state index is 12.9. The topological polar surface area (TPSA) is 90.1 Å². The summed E-state index contributed by atoms with van der Waals surface area (Å²) in [5.74, 6) is 0.255. The van der Waals surface area contributed by atoms with Crippen LogP contribution in [0.25, 0.3) is 0 Å². The van der Waals surface area contributed by atoms with Crippen LogP contribution in [0.15, 0.2) is 24.4 Å². The third-order valence-corrected chi connectivity index (χ3v) is 3.04. The number of nitrogen functional groups attached to an aromatic ring is 1. The first-order valence-corrected chi connectivity index (χ1v) is 6.76. The van der Waals surface area contributed by atoms with Gasteiger partial charge in [0.1, 0.15) is 23.2 Å². The summed E-state index contributed by atoms with van der Waals surface area (Å²) in [6.07, 6.45) is 1.55. The van der Waals surface area contributed by atoms with E-state index < -0.39 is 5.82 Å². The maximum Gasteiger partial charge on any atom is 0.258 e. The van der Waals surface area contributed by atoms with Crippen molar-refractivity contribution in [2.24, 2.45) is 0 Å². The van der Waals surface area contributed by atoms with Crippen molar-refractivity contribution in [1.29, 1.82) is 0 Å². The molecule has 0 saturated heterocycles. The van der Waals surface area contributed by atoms with E-state index in [-0.39, 0.29) is 29.8 Å². The van der Waals surface area contributed by atoms with Gasteiger partial charge in [-0.3, -0.25) is 4.79 Å². The second kappa shape index (κ2) is 7.04. The predicted octanol–water partition coefficient (Wildman–Crippen LogP) is 1.85. The van der Waals surface area contributed by atoms with Crippen molar-refractivity contribution >= 4 is 23.3 Å². The Hall–Kier alpha value is -2.41. The molecule has 116 valence electrons. The highest BCUT2D eigenvalue weighted by molar-refractivity contribution is 6.32. The highest BCUT2D eigenvalue weighted by Gasteiger charge is 2.08. The van der Waals surface area contributed by atoms with E-state index in [1.165, 1.54) is 12.1 Å². The second-order valence-electron chi connectivity index (χ2n) is 4.47. The number of carbonyl (C=O) groups excluding carboxylic acids is 1. The van der Waals surface area contributed by atoms with Crippen molar-refractivity contribution in [3.8, 4) is 5.75 Å². The third-order valence-electron chi connectivity index (χ3n) is 2.75. The summed E-state index contributed by atoms with van der Waals surface area (Å²) in [6, 6.07) is 3.67. The number of benzene rings is 1. The first-order valence-electron chi connectivity index (χ1n) is 6.38. The van der Waals surface area contributed by atoms with Gasteiger partial charge in [-0.25, -0.2) is 14.4 Å². The quantitative estimate of drug-likeness (QED) is 0.876. The van der Waals surface area contributed by atoms with Crippen LogP contribution in [0.4, 0.5) is 10.2 Å². The summed E-state index contributed by atoms with van der Waals surface area (Å²) in [5, 5.41) is 2.72. The van der Waals surface area contributed by atoms with Gasteiger partial charge in [0.2, 0.25) is 0 Å². The molecule has 0 atom stereocenters. The number of aryl methyl sites for hydroxylation is 1. The number of hydrogen-bond donors (Lipinski definition) is 2. The molecule has 1 heterocycles. The van der Waals surface area contributed by atoms with Gasteiger partial charge in [0, 0.05) is 18.3 Å². The Morgan fingerprint density at radius 2 is 2.27 bits per heavy atom. The summed E-state index contributed by atoms with van der Waals surface area (Å²) in [5.41, 5.74) is 6.33. The second-order valence-corrected chi connectivity index (χ2v) is 4.88. The van der Waals surface area contributed by atoms with Gasteiger partial charge < -0.3 is 15.8 Å². The molecule has 0 aliphatic carbocycles. The van der Waals surface area contributed by atoms with Gasteiger partial charge in [-0.15, -0.1) is 0 Å². The Morgan fingerprint density at radius 1 is 1.50 bits per heavy atom. The smallest absolute Gasteiger partial charge is 0.258 e. The Morgan fingerprint density at radius 3 is 2.95 bits per heavy atom. The molecule has 0 saturated carbocycles. The van der Waals surface area contributed by atoms with Gasteiger partial charge in [-0.2, -0.15) is 0 Å². The van der Waals surface area contributed by atoms with Crippen molar-refractivity contribution in [2.75, 3.05) is 12.3 Å². The zero-order valence-corrected chi connectivity index (χ0v) is 12.5. The number of aromatic nitrogens is 2. The lowest BCUT2D eigenvalue weighted by atomic mass is 10.3. The monoisotopic (exact) mass is 324 g/mol. The van der Waals surface area contributed by atoms with E-state index in [2.05, 4.69) is 15.3 Å². The highest BCUT2D eigenvalue weighted by atomic mass is 35.5. The lowest BCUT2D eigenvalue weighted by Crippen LogP contribution is -2.29. The molecular formula is C14H14ClFN4O2. The molecule has 0 aliphatic heterocycles. The lowest BCUT2D eigenvalue weighted by molar-refractivity contribution is -0.123. The van der Waals surface area contributed by atoms with Crippen molar-refractivity contribution in [2.45, 2.75) is 13.5 Å². The molecule has 0 radical (unpaired) electrons. The Bertz CT molecular complexity index is 639. The van der Waals surface area contributed by atoms with Crippen LogP contribution in [0, 0.1) is 12.7 Å². The van der Waals surface area contributed by atoms with Gasteiger partial charge in [-0.05, 0) is 25.1 Å². The van der Waals surface area contributed by atoms with Crippen LogP contribution in [-0.4, -0.2) is 22.5 Å². The summed E-state index contributed by atoms with van der Waals surface area (Å²) < 4.78 is 18.1. The molecule has 8 heteroatoms. The largest absolute Gasteiger partial charge is 0.482 e. The standard InChI is InChI=1S/C14H14ClFN4O2/c1-8-18-5-9(14(17)20-8)6-19-13(21)7-22-12-3-2-10(16)4-11(12)15/h2-5H,6-7H2,1H3,(H,19,21)(H2,17,18,20). The number of hydrogen-bond acceptors (Lipinski definition) is 5. The summed E-state index contributed by atoms with van der Waals surface area (Å²) in [4.78, 5) is 19.7. The first kappa shape index (κ1) is 16.0. The third kappa shape index (κ3) is 4.29. The number of halogens is 2. The number of nitrogens with two attached hydrogens (primary N) is 1. The normalized spacial score (nSPS) is 10.3. The molecular weight excluding hydrogens is 311 g/mol. The fourth-order valence-electron chi connectivity index (χ4n) is 1.63. The van der Waals surface area contributed by atoms with Gasteiger partial charge in [0.05, 0.1) is 5.02 Å². The first-order chi connectivity index (χ1) is 10.5. The molecule has 6 nitrogen and oxygen atoms in total. The van der Waals surface area contributed by atoms with Crippen LogP contribution in [0.5, 0.6) is 5.75 Å². The van der Waals surface area contributed by atoms with Gasteiger partial charge >= 0.3 is 0 Å². The van der Waals surface area contributed by atoms with Crippen LogP contribution in [0.2, 0.25) is 5.02 Å². The average Bonchev–Trinajstić information content (AvgIpc) is 2.45. The van der Waals surface area contributed by atoms with Gasteiger partial charge in [-0.1, -0.05) is 11.6 Å². The molecule has 1 aromatic carbocycles. The Labute approximate surface area is 131 Å². The molecule has 0 fully saturated rings. The number of carbonyl (C=O) groups is 1. The maximum absolute atomic E-state index is 12.9. The molecule has 1 aromatic heterocycles. The number of rotatable bonds is 5. The van der Waals surface area contributed by atoms with E-state index in [4.69, 9.17) is 22.1 Å². The number of amides is 1. The van der Waals surface area contributed by atoms with E-state index in [0.29, 0.717) is 17.2 Å². The highest BCUT2D eigenvalue weighted by Crippen LogP contribution is 2.24. The fourth-order valence-corrected chi connectivity index (χ4v) is 1.85. The van der Waals surface area contributed by atoms with Crippen LogP contribution >= 0.6 is 11.6 Å². The average molecular weight is 325 g/mol. The van der Waals surface area contributed by atoms with Crippen LogP contribution in [0.3, 0.4) is 0 Å².